The average Bonchev–Trinajstić information content (AvgIpc) is 2.48. The van der Waals surface area contributed by atoms with Crippen LogP contribution in [0.4, 0.5) is 0 Å². The van der Waals surface area contributed by atoms with E-state index >= 15 is 0 Å². The zero-order valence-electron chi connectivity index (χ0n) is 7.10. The van der Waals surface area contributed by atoms with Crippen LogP contribution in [0.1, 0.15) is 12.0 Å². The van der Waals surface area contributed by atoms with Gasteiger partial charge in [0.1, 0.15) is 0 Å². The molecule has 0 atom stereocenters. The van der Waals surface area contributed by atoms with Crippen LogP contribution < -0.4 is 0 Å². The van der Waals surface area contributed by atoms with Crippen molar-refractivity contribution in [3.63, 3.8) is 0 Å². The van der Waals surface area contributed by atoms with Crippen LogP contribution in [-0.2, 0) is 4.84 Å². The molecule has 0 saturated heterocycles. The highest BCUT2D eigenvalue weighted by molar-refractivity contribution is 6.01. The molecule has 0 N–H and O–H groups in total. The predicted octanol–water partition coefficient (Wildman–Crippen LogP) is 1.97. The van der Waals surface area contributed by atoms with Gasteiger partial charge < -0.3 is 4.84 Å². The Morgan fingerprint density at radius 2 is 1.92 bits per heavy atom. The van der Waals surface area contributed by atoms with Gasteiger partial charge in [-0.15, -0.1) is 0 Å². The first-order valence-electron chi connectivity index (χ1n) is 4.06. The largest absolute Gasteiger partial charge is 0.388 e. The molecule has 0 spiro atoms. The Morgan fingerprint density at radius 3 is 2.46 bits per heavy atom. The number of benzene rings is 1. The van der Waals surface area contributed by atoms with Crippen molar-refractivity contribution in [1.82, 2.24) is 0 Å². The van der Waals surface area contributed by atoms with Crippen molar-refractivity contribution in [1.29, 1.82) is 0 Å². The molecule has 0 aromatic heterocycles. The van der Waals surface area contributed by atoms with Crippen LogP contribution in [0.25, 0.3) is 0 Å². The smallest absolute Gasteiger partial charge is 0.150 e. The van der Waals surface area contributed by atoms with Gasteiger partial charge in [-0.05, 0) is 5.56 Å². The van der Waals surface area contributed by atoms with E-state index in [1.165, 1.54) is 0 Å². The van der Waals surface area contributed by atoms with Gasteiger partial charge in [0.15, 0.2) is 5.60 Å². The highest BCUT2D eigenvalue weighted by Gasteiger charge is 2.30. The summed E-state index contributed by atoms with van der Waals surface area (Å²) in [6.45, 7) is 11.1. The fourth-order valence-electron chi connectivity index (χ4n) is 1.25. The Hall–Kier alpha value is -1.31. The summed E-state index contributed by atoms with van der Waals surface area (Å²) in [6.07, 6.45) is 0.441. The van der Waals surface area contributed by atoms with Crippen molar-refractivity contribution in [2.45, 2.75) is 12.0 Å². The normalized spacial score (nSPS) is 19.4. The van der Waals surface area contributed by atoms with Crippen molar-refractivity contribution >= 4 is 5.71 Å². The van der Waals surface area contributed by atoms with E-state index in [0.29, 0.717) is 6.42 Å². The topological polar surface area (TPSA) is 21.6 Å². The van der Waals surface area contributed by atoms with Crippen LogP contribution in [0.15, 0.2) is 35.5 Å². The number of hydrogen-bond acceptors (Lipinski definition) is 2. The monoisotopic (exact) mass is 171 g/mol. The van der Waals surface area contributed by atoms with Crippen LogP contribution >= 0.6 is 0 Å². The molecule has 1 aliphatic heterocycles. The Kier molecular flexibility index (Phi) is 1.83. The highest BCUT2D eigenvalue weighted by Crippen LogP contribution is 2.24. The number of oxime groups is 1. The molecule has 0 amide bonds. The van der Waals surface area contributed by atoms with E-state index in [9.17, 15) is 0 Å². The van der Waals surface area contributed by atoms with E-state index < -0.39 is 5.60 Å². The summed E-state index contributed by atoms with van der Waals surface area (Å²) in [5.41, 5.74) is 0.663. The van der Waals surface area contributed by atoms with Crippen molar-refractivity contribution in [3.8, 4) is 0 Å². The lowest BCUT2D eigenvalue weighted by Crippen LogP contribution is -2.20. The van der Waals surface area contributed by atoms with Crippen molar-refractivity contribution in [3.05, 3.63) is 49.7 Å². The van der Waals surface area contributed by atoms with Crippen LogP contribution in [0.3, 0.4) is 0 Å². The Balaban J connectivity index is 2.22. The quantitative estimate of drug-likeness (QED) is 0.633. The van der Waals surface area contributed by atoms with Gasteiger partial charge in [0.25, 0.3) is 0 Å². The Morgan fingerprint density at radius 1 is 1.23 bits per heavy atom. The molecule has 1 aromatic rings. The Bertz CT molecular complexity index is 327. The second kappa shape index (κ2) is 2.87. The first-order valence-corrected chi connectivity index (χ1v) is 4.06. The van der Waals surface area contributed by atoms with E-state index in [-0.39, 0.29) is 0 Å². The summed E-state index contributed by atoms with van der Waals surface area (Å²) in [6, 6.07) is 9.71. The predicted molar refractivity (Wildman–Crippen MR) is 50.0 cm³/mol. The third-order valence-corrected chi connectivity index (χ3v) is 1.88. The maximum Gasteiger partial charge on any atom is 0.150 e. The maximum atomic E-state index is 5.55. The molecule has 2 rings (SSSR count). The van der Waals surface area contributed by atoms with Crippen molar-refractivity contribution < 1.29 is 4.84 Å². The molecule has 0 unspecified atom stereocenters. The van der Waals surface area contributed by atoms with Gasteiger partial charge in [-0.3, -0.25) is 0 Å². The summed E-state index contributed by atoms with van der Waals surface area (Å²) in [4.78, 5) is 4.85. The standard InChI is InChI=1S/C11H9NO/c1-11(2)8-10(12-13-11)9-6-4-3-5-7-9/h1-7H,8H2. The van der Waals surface area contributed by atoms with Crippen LogP contribution in [0.5, 0.6) is 0 Å². The molecular formula is C11H9NO. The zero-order valence-corrected chi connectivity index (χ0v) is 7.10. The van der Waals surface area contributed by atoms with Gasteiger partial charge in [-0.1, -0.05) is 35.5 Å². The lowest BCUT2D eigenvalue weighted by atomic mass is 9.98. The SMILES string of the molecule is [CH]C1([CH])CC(c2ccccc2)=NO1. The van der Waals surface area contributed by atoms with Crippen LogP contribution in [-0.4, -0.2) is 11.3 Å². The van der Waals surface area contributed by atoms with Gasteiger partial charge >= 0.3 is 0 Å². The maximum absolute atomic E-state index is 5.55. The molecule has 0 saturated carbocycles. The van der Waals surface area contributed by atoms with Crippen molar-refractivity contribution in [2.24, 2.45) is 5.16 Å². The summed E-state index contributed by atoms with van der Waals surface area (Å²) in [5.74, 6) is 0. The van der Waals surface area contributed by atoms with Gasteiger partial charge in [0.2, 0.25) is 0 Å². The van der Waals surface area contributed by atoms with Crippen molar-refractivity contribution in [2.75, 3.05) is 0 Å². The molecule has 13 heavy (non-hydrogen) atoms. The highest BCUT2D eigenvalue weighted by atomic mass is 16.7. The molecule has 1 aromatic carbocycles. The minimum absolute atomic E-state index is 0.441. The van der Waals surface area contributed by atoms with E-state index in [4.69, 9.17) is 18.7 Å². The first-order chi connectivity index (χ1) is 6.17. The number of hydrogen-bond donors (Lipinski definition) is 0. The fraction of sp³-hybridized carbons (Fsp3) is 0.182. The lowest BCUT2D eigenvalue weighted by molar-refractivity contribution is 0.0549. The minimum atomic E-state index is -1.13. The fourth-order valence-corrected chi connectivity index (χ4v) is 1.25. The van der Waals surface area contributed by atoms with Crippen LogP contribution in [0.2, 0.25) is 0 Å². The van der Waals surface area contributed by atoms with Gasteiger partial charge in [0, 0.05) is 20.3 Å². The van der Waals surface area contributed by atoms with Gasteiger partial charge in [-0.2, -0.15) is 0 Å². The summed E-state index contributed by atoms with van der Waals surface area (Å²) in [7, 11) is 0. The minimum Gasteiger partial charge on any atom is -0.388 e. The molecule has 0 bridgehead atoms. The molecule has 2 heteroatoms. The van der Waals surface area contributed by atoms with Gasteiger partial charge in [-0.25, -0.2) is 0 Å². The summed E-state index contributed by atoms with van der Waals surface area (Å²) < 4.78 is 0. The molecule has 1 heterocycles. The van der Waals surface area contributed by atoms with E-state index in [2.05, 4.69) is 5.16 Å². The molecule has 0 aliphatic carbocycles. The Labute approximate surface area is 78.2 Å². The van der Waals surface area contributed by atoms with E-state index in [1.807, 2.05) is 30.3 Å². The van der Waals surface area contributed by atoms with E-state index in [0.717, 1.165) is 11.3 Å². The third-order valence-electron chi connectivity index (χ3n) is 1.88. The second-order valence-electron chi connectivity index (χ2n) is 3.13. The molecule has 2 nitrogen and oxygen atoms in total. The first kappa shape index (κ1) is 8.30. The van der Waals surface area contributed by atoms with Gasteiger partial charge in [0.05, 0.1) is 5.71 Å². The summed E-state index contributed by atoms with van der Waals surface area (Å²) >= 11 is 0. The lowest BCUT2D eigenvalue weighted by Gasteiger charge is -2.11. The molecule has 1 aliphatic rings. The molecule has 64 valence electrons. The average molecular weight is 171 g/mol. The molecular weight excluding hydrogens is 162 g/mol. The van der Waals surface area contributed by atoms with E-state index in [1.54, 1.807) is 0 Å². The number of nitrogens with zero attached hydrogens (tertiary/aromatic N) is 1. The van der Waals surface area contributed by atoms with Crippen LogP contribution in [0, 0.1) is 13.8 Å². The summed E-state index contributed by atoms with van der Waals surface area (Å²) in [5, 5.41) is 3.83. The number of rotatable bonds is 1. The molecule has 0 fully saturated rings. The zero-order chi connectivity index (χ0) is 9.31. The third kappa shape index (κ3) is 1.72. The molecule has 4 radical (unpaired) electrons. The second-order valence-corrected chi connectivity index (χ2v) is 3.13.